The van der Waals surface area contributed by atoms with Crippen molar-refractivity contribution >= 4 is 21.4 Å². The minimum absolute atomic E-state index is 0.144. The maximum absolute atomic E-state index is 12.3. The molecule has 0 spiro atoms. The molecule has 3 rings (SSSR count). The summed E-state index contributed by atoms with van der Waals surface area (Å²) in [4.78, 5) is 1.05. The fraction of sp³-hybridized carbons (Fsp3) is 0.235. The van der Waals surface area contributed by atoms with Crippen LogP contribution in [-0.4, -0.2) is 25.3 Å². The smallest absolute Gasteiger partial charge is 0.250 e. The van der Waals surface area contributed by atoms with E-state index in [1.807, 2.05) is 37.3 Å². The summed E-state index contributed by atoms with van der Waals surface area (Å²) in [5.41, 5.74) is 1.52. The predicted octanol–water partition coefficient (Wildman–Crippen LogP) is 2.98. The number of methoxy groups -OCH3 is 1. The van der Waals surface area contributed by atoms with Crippen molar-refractivity contribution in [1.29, 1.82) is 0 Å². The highest BCUT2D eigenvalue weighted by Crippen LogP contribution is 2.22. The van der Waals surface area contributed by atoms with Gasteiger partial charge in [0.05, 0.1) is 25.0 Å². The van der Waals surface area contributed by atoms with Crippen molar-refractivity contribution in [2.45, 2.75) is 24.1 Å². The van der Waals surface area contributed by atoms with Crippen LogP contribution in [-0.2, 0) is 23.0 Å². The monoisotopic (exact) mass is 377 g/mol. The Bertz CT molecular complexity index is 944. The lowest BCUT2D eigenvalue weighted by Gasteiger charge is -2.04. The number of nitrogens with one attached hydrogen (secondary N) is 1. The summed E-state index contributed by atoms with van der Waals surface area (Å²) in [7, 11) is -1.89. The molecular formula is C17H19N3O3S2. The standard InChI is InChI=1S/C17H19N3O3S2/c1-3-16-8-9-17(24-16)25(21,22)18-12-13-10-11-20(19-13)14-4-6-15(23-2)7-5-14/h4-11,18H,3,12H2,1-2H3. The molecule has 0 bridgehead atoms. The second-order valence-electron chi connectivity index (χ2n) is 5.35. The highest BCUT2D eigenvalue weighted by molar-refractivity contribution is 7.91. The van der Waals surface area contributed by atoms with Crippen molar-refractivity contribution in [3.05, 3.63) is 59.2 Å². The van der Waals surface area contributed by atoms with Crippen LogP contribution in [0.25, 0.3) is 5.69 Å². The first-order valence-electron chi connectivity index (χ1n) is 7.79. The van der Waals surface area contributed by atoms with E-state index in [0.717, 1.165) is 22.7 Å². The van der Waals surface area contributed by atoms with E-state index in [0.29, 0.717) is 9.90 Å². The second kappa shape index (κ2) is 7.38. The molecule has 3 aromatic rings. The largest absolute Gasteiger partial charge is 0.497 e. The molecule has 6 nitrogen and oxygen atoms in total. The molecule has 0 radical (unpaired) electrons. The zero-order valence-electron chi connectivity index (χ0n) is 14.0. The lowest BCUT2D eigenvalue weighted by molar-refractivity contribution is 0.414. The van der Waals surface area contributed by atoms with E-state index in [1.165, 1.54) is 11.3 Å². The van der Waals surface area contributed by atoms with Crippen molar-refractivity contribution in [3.8, 4) is 11.4 Å². The van der Waals surface area contributed by atoms with Crippen LogP contribution in [0.4, 0.5) is 0 Å². The Labute approximate surface area is 151 Å². The fourth-order valence-corrected chi connectivity index (χ4v) is 4.61. The van der Waals surface area contributed by atoms with Gasteiger partial charge in [0.25, 0.3) is 0 Å². The Morgan fingerprint density at radius 3 is 2.56 bits per heavy atom. The average molecular weight is 377 g/mol. The number of aromatic nitrogens is 2. The Kier molecular flexibility index (Phi) is 5.22. The number of sulfonamides is 1. The molecule has 0 aliphatic rings. The lowest BCUT2D eigenvalue weighted by Crippen LogP contribution is -2.22. The fourth-order valence-electron chi connectivity index (χ4n) is 2.27. The van der Waals surface area contributed by atoms with Crippen LogP contribution in [0.3, 0.4) is 0 Å². The van der Waals surface area contributed by atoms with Crippen molar-refractivity contribution in [2.75, 3.05) is 7.11 Å². The van der Waals surface area contributed by atoms with Gasteiger partial charge in [0.15, 0.2) is 0 Å². The van der Waals surface area contributed by atoms with E-state index < -0.39 is 10.0 Å². The van der Waals surface area contributed by atoms with Gasteiger partial charge in [-0.15, -0.1) is 11.3 Å². The second-order valence-corrected chi connectivity index (χ2v) is 8.51. The van der Waals surface area contributed by atoms with E-state index in [4.69, 9.17) is 4.74 Å². The van der Waals surface area contributed by atoms with Gasteiger partial charge in [0.2, 0.25) is 10.0 Å². The van der Waals surface area contributed by atoms with Crippen molar-refractivity contribution in [3.63, 3.8) is 0 Å². The molecule has 0 saturated carbocycles. The topological polar surface area (TPSA) is 73.2 Å². The SMILES string of the molecule is CCc1ccc(S(=O)(=O)NCc2ccn(-c3ccc(OC)cc3)n2)s1. The summed E-state index contributed by atoms with van der Waals surface area (Å²) in [5, 5.41) is 4.41. The van der Waals surface area contributed by atoms with E-state index in [1.54, 1.807) is 30.1 Å². The van der Waals surface area contributed by atoms with E-state index in [-0.39, 0.29) is 6.54 Å². The van der Waals surface area contributed by atoms with E-state index in [2.05, 4.69) is 9.82 Å². The zero-order chi connectivity index (χ0) is 17.9. The lowest BCUT2D eigenvalue weighted by atomic mass is 10.3. The number of hydrogen-bond donors (Lipinski definition) is 1. The molecule has 25 heavy (non-hydrogen) atoms. The maximum atomic E-state index is 12.3. The number of nitrogens with zero attached hydrogens (tertiary/aromatic N) is 2. The van der Waals surface area contributed by atoms with E-state index in [9.17, 15) is 8.42 Å². The molecule has 0 aliphatic carbocycles. The molecule has 0 atom stereocenters. The molecule has 0 saturated heterocycles. The molecule has 1 N–H and O–H groups in total. The first-order chi connectivity index (χ1) is 12.0. The number of ether oxygens (including phenoxy) is 1. The minimum Gasteiger partial charge on any atom is -0.497 e. The van der Waals surface area contributed by atoms with Crippen LogP contribution in [0.15, 0.2) is 52.9 Å². The van der Waals surface area contributed by atoms with Gasteiger partial charge in [-0.25, -0.2) is 17.8 Å². The van der Waals surface area contributed by atoms with Crippen LogP contribution in [0.2, 0.25) is 0 Å². The van der Waals surface area contributed by atoms with E-state index >= 15 is 0 Å². The van der Waals surface area contributed by atoms with Crippen LogP contribution in [0.5, 0.6) is 5.75 Å². The summed E-state index contributed by atoms with van der Waals surface area (Å²) < 4.78 is 34.4. The Morgan fingerprint density at radius 1 is 1.16 bits per heavy atom. The van der Waals surface area contributed by atoms with Crippen LogP contribution in [0.1, 0.15) is 17.5 Å². The van der Waals surface area contributed by atoms with Gasteiger partial charge in [-0.1, -0.05) is 6.92 Å². The predicted molar refractivity (Wildman–Crippen MR) is 97.8 cm³/mol. The van der Waals surface area contributed by atoms with Gasteiger partial charge in [-0.3, -0.25) is 0 Å². The van der Waals surface area contributed by atoms with Gasteiger partial charge in [0.1, 0.15) is 9.96 Å². The van der Waals surface area contributed by atoms with Gasteiger partial charge >= 0.3 is 0 Å². The molecule has 2 aromatic heterocycles. The number of aryl methyl sites for hydroxylation is 1. The highest BCUT2D eigenvalue weighted by Gasteiger charge is 2.16. The summed E-state index contributed by atoms with van der Waals surface area (Å²) in [6.07, 6.45) is 2.62. The average Bonchev–Trinajstić information content (AvgIpc) is 3.30. The van der Waals surface area contributed by atoms with Gasteiger partial charge in [-0.05, 0) is 48.9 Å². The molecule has 0 aliphatic heterocycles. The molecule has 0 fully saturated rings. The molecular weight excluding hydrogens is 358 g/mol. The molecule has 0 amide bonds. The third-order valence-electron chi connectivity index (χ3n) is 3.67. The Morgan fingerprint density at radius 2 is 1.92 bits per heavy atom. The first kappa shape index (κ1) is 17.7. The summed E-state index contributed by atoms with van der Waals surface area (Å²) >= 11 is 1.29. The third-order valence-corrected chi connectivity index (χ3v) is 6.80. The summed E-state index contributed by atoms with van der Waals surface area (Å²) in [6.45, 7) is 2.15. The normalized spacial score (nSPS) is 11.6. The van der Waals surface area contributed by atoms with Crippen LogP contribution < -0.4 is 9.46 Å². The molecule has 132 valence electrons. The molecule has 1 aromatic carbocycles. The Balaban J connectivity index is 1.68. The Hall–Kier alpha value is -2.16. The summed E-state index contributed by atoms with van der Waals surface area (Å²) in [5.74, 6) is 0.770. The molecule has 8 heteroatoms. The van der Waals surface area contributed by atoms with Crippen molar-refractivity contribution < 1.29 is 13.2 Å². The zero-order valence-corrected chi connectivity index (χ0v) is 15.6. The maximum Gasteiger partial charge on any atom is 0.250 e. The molecule has 0 unspecified atom stereocenters. The van der Waals surface area contributed by atoms with Crippen molar-refractivity contribution in [1.82, 2.24) is 14.5 Å². The highest BCUT2D eigenvalue weighted by atomic mass is 32.2. The third kappa shape index (κ3) is 4.09. The van der Waals surface area contributed by atoms with Gasteiger partial charge in [-0.2, -0.15) is 5.10 Å². The van der Waals surface area contributed by atoms with Crippen molar-refractivity contribution in [2.24, 2.45) is 0 Å². The summed E-state index contributed by atoms with van der Waals surface area (Å²) in [6, 6.07) is 12.7. The van der Waals surface area contributed by atoms with Crippen LogP contribution >= 0.6 is 11.3 Å². The number of rotatable bonds is 7. The number of thiophene rings is 1. The number of hydrogen-bond acceptors (Lipinski definition) is 5. The van der Waals surface area contributed by atoms with Crippen LogP contribution in [0, 0.1) is 0 Å². The first-order valence-corrected chi connectivity index (χ1v) is 10.1. The van der Waals surface area contributed by atoms with Gasteiger partial charge in [0, 0.05) is 11.1 Å². The minimum atomic E-state index is -3.51. The quantitative estimate of drug-likeness (QED) is 0.687. The molecule has 2 heterocycles. The number of benzene rings is 1. The van der Waals surface area contributed by atoms with Gasteiger partial charge < -0.3 is 4.74 Å².